The van der Waals surface area contributed by atoms with Crippen molar-refractivity contribution in [3.8, 4) is 10.4 Å². The second kappa shape index (κ2) is 7.70. The molecule has 0 radical (unpaired) electrons. The van der Waals surface area contributed by atoms with Crippen molar-refractivity contribution in [3.63, 3.8) is 0 Å². The van der Waals surface area contributed by atoms with Gasteiger partial charge in [-0.2, -0.15) is 0 Å². The van der Waals surface area contributed by atoms with Gasteiger partial charge in [-0.25, -0.2) is 0 Å². The highest BCUT2D eigenvalue weighted by atomic mass is 32.1. The Bertz CT molecular complexity index is 863. The van der Waals surface area contributed by atoms with E-state index < -0.39 is 5.41 Å². The van der Waals surface area contributed by atoms with Gasteiger partial charge in [0.25, 0.3) is 0 Å². The van der Waals surface area contributed by atoms with E-state index in [1.165, 1.54) is 16.0 Å². The van der Waals surface area contributed by atoms with Crippen LogP contribution in [-0.2, 0) is 16.0 Å². The summed E-state index contributed by atoms with van der Waals surface area (Å²) in [6.07, 6.45) is 3.34. The quantitative estimate of drug-likeness (QED) is 0.831. The van der Waals surface area contributed by atoms with E-state index in [1.54, 1.807) is 18.4 Å². The van der Waals surface area contributed by atoms with Crippen LogP contribution in [0.2, 0.25) is 0 Å². The van der Waals surface area contributed by atoms with Crippen molar-refractivity contribution >= 4 is 23.2 Å². The third-order valence-electron chi connectivity index (χ3n) is 6.36. The largest absolute Gasteiger partial charge is 0.359 e. The first-order valence-corrected chi connectivity index (χ1v) is 11.0. The first-order chi connectivity index (χ1) is 13.5. The van der Waals surface area contributed by atoms with Crippen LogP contribution in [0.1, 0.15) is 31.7 Å². The molecule has 5 heteroatoms. The number of hydrogen-bond donors (Lipinski definition) is 1. The third kappa shape index (κ3) is 3.60. The van der Waals surface area contributed by atoms with Gasteiger partial charge in [-0.1, -0.05) is 37.3 Å². The van der Waals surface area contributed by atoms with Crippen LogP contribution in [0, 0.1) is 17.3 Å². The van der Waals surface area contributed by atoms with E-state index >= 15 is 0 Å². The number of carbonyl (C=O) groups excluding carboxylic acids is 2. The van der Waals surface area contributed by atoms with Crippen LogP contribution in [0.15, 0.2) is 41.8 Å². The molecule has 0 spiro atoms. The number of thiophene rings is 1. The van der Waals surface area contributed by atoms with E-state index in [-0.39, 0.29) is 17.7 Å². The van der Waals surface area contributed by atoms with Gasteiger partial charge in [0.1, 0.15) is 0 Å². The molecule has 1 aromatic heterocycles. The summed E-state index contributed by atoms with van der Waals surface area (Å²) in [5.74, 6) is 0.948. The molecule has 2 heterocycles. The molecule has 1 aromatic carbocycles. The monoisotopic (exact) mass is 396 g/mol. The van der Waals surface area contributed by atoms with Gasteiger partial charge in [-0.3, -0.25) is 9.59 Å². The number of nitrogens with zero attached hydrogens (tertiary/aromatic N) is 1. The molecule has 1 saturated heterocycles. The number of amides is 2. The first-order valence-electron chi connectivity index (χ1n) is 10.2. The Kier molecular flexibility index (Phi) is 5.28. The lowest BCUT2D eigenvalue weighted by atomic mass is 9.73. The highest BCUT2D eigenvalue weighted by Crippen LogP contribution is 2.42. The number of hydrogen-bond acceptors (Lipinski definition) is 3. The number of nitrogens with one attached hydrogen (secondary N) is 1. The van der Waals surface area contributed by atoms with Crippen molar-refractivity contribution in [2.75, 3.05) is 20.1 Å². The fraction of sp³-hybridized carbons (Fsp3) is 0.478. The van der Waals surface area contributed by atoms with Gasteiger partial charge < -0.3 is 10.2 Å². The van der Waals surface area contributed by atoms with Crippen molar-refractivity contribution in [1.29, 1.82) is 0 Å². The summed E-state index contributed by atoms with van der Waals surface area (Å²) in [5, 5.41) is 4.97. The van der Waals surface area contributed by atoms with Crippen molar-refractivity contribution < 1.29 is 9.59 Å². The molecular weight excluding hydrogens is 368 g/mol. The molecule has 28 heavy (non-hydrogen) atoms. The minimum absolute atomic E-state index is 0.0508. The Morgan fingerprint density at radius 2 is 2.04 bits per heavy atom. The van der Waals surface area contributed by atoms with Crippen LogP contribution in [-0.4, -0.2) is 36.9 Å². The predicted molar refractivity (Wildman–Crippen MR) is 113 cm³/mol. The zero-order valence-electron chi connectivity index (χ0n) is 16.6. The Morgan fingerprint density at radius 3 is 2.71 bits per heavy atom. The zero-order chi connectivity index (χ0) is 19.7. The Morgan fingerprint density at radius 1 is 1.25 bits per heavy atom. The van der Waals surface area contributed by atoms with Crippen LogP contribution in [0.3, 0.4) is 0 Å². The van der Waals surface area contributed by atoms with Gasteiger partial charge in [-0.05, 0) is 54.2 Å². The van der Waals surface area contributed by atoms with E-state index in [1.807, 2.05) is 11.0 Å². The SMILES string of the molecule is CNC(=O)[C@]1(Cc2ccccc2-c2cccs2)CCCN(C(=O)[C@H]2C[C@@H]2C)C1. The van der Waals surface area contributed by atoms with Gasteiger partial charge in [0, 0.05) is 30.9 Å². The normalized spacial score (nSPS) is 26.7. The van der Waals surface area contributed by atoms with E-state index in [2.05, 4.69) is 48.0 Å². The number of carbonyl (C=O) groups is 2. The molecule has 4 rings (SSSR count). The Hall–Kier alpha value is -2.14. The van der Waals surface area contributed by atoms with Gasteiger partial charge in [-0.15, -0.1) is 11.3 Å². The molecule has 1 N–H and O–H groups in total. The Balaban J connectivity index is 1.64. The summed E-state index contributed by atoms with van der Waals surface area (Å²) >= 11 is 1.72. The highest BCUT2D eigenvalue weighted by molar-refractivity contribution is 7.13. The summed E-state index contributed by atoms with van der Waals surface area (Å²) in [7, 11) is 1.71. The molecule has 2 aromatic rings. The Labute approximate surface area is 170 Å². The van der Waals surface area contributed by atoms with Gasteiger partial charge in [0.15, 0.2) is 0 Å². The highest BCUT2D eigenvalue weighted by Gasteiger charge is 2.47. The molecule has 4 nitrogen and oxygen atoms in total. The minimum Gasteiger partial charge on any atom is -0.359 e. The molecule has 148 valence electrons. The van der Waals surface area contributed by atoms with Crippen LogP contribution in [0.5, 0.6) is 0 Å². The van der Waals surface area contributed by atoms with Crippen molar-refractivity contribution in [1.82, 2.24) is 10.2 Å². The van der Waals surface area contributed by atoms with Crippen LogP contribution in [0.25, 0.3) is 10.4 Å². The van der Waals surface area contributed by atoms with E-state index in [0.29, 0.717) is 18.9 Å². The van der Waals surface area contributed by atoms with Crippen molar-refractivity contribution in [2.45, 2.75) is 32.6 Å². The lowest BCUT2D eigenvalue weighted by Gasteiger charge is -2.42. The summed E-state index contributed by atoms with van der Waals surface area (Å²) in [4.78, 5) is 29.1. The van der Waals surface area contributed by atoms with E-state index in [4.69, 9.17) is 0 Å². The summed E-state index contributed by atoms with van der Waals surface area (Å²) in [5.41, 5.74) is 1.82. The maximum atomic E-state index is 13.1. The number of piperidine rings is 1. The second-order valence-corrected chi connectivity index (χ2v) is 9.30. The average molecular weight is 397 g/mol. The minimum atomic E-state index is -0.561. The first kappa shape index (κ1) is 19.2. The predicted octanol–water partition coefficient (Wildman–Crippen LogP) is 3.97. The summed E-state index contributed by atoms with van der Waals surface area (Å²) in [6, 6.07) is 12.5. The van der Waals surface area contributed by atoms with E-state index in [0.717, 1.165) is 25.8 Å². The topological polar surface area (TPSA) is 49.4 Å². The summed E-state index contributed by atoms with van der Waals surface area (Å²) < 4.78 is 0. The molecule has 0 bridgehead atoms. The van der Waals surface area contributed by atoms with Gasteiger partial charge >= 0.3 is 0 Å². The maximum absolute atomic E-state index is 13.1. The molecule has 1 aliphatic carbocycles. The third-order valence-corrected chi connectivity index (χ3v) is 7.26. The molecule has 1 aliphatic heterocycles. The molecular formula is C23H28N2O2S. The zero-order valence-corrected chi connectivity index (χ0v) is 17.4. The molecule has 2 amide bonds. The molecule has 0 unspecified atom stereocenters. The van der Waals surface area contributed by atoms with Gasteiger partial charge in [0.05, 0.1) is 5.41 Å². The van der Waals surface area contributed by atoms with Gasteiger partial charge in [0.2, 0.25) is 11.8 Å². The lowest BCUT2D eigenvalue weighted by Crippen LogP contribution is -2.54. The van der Waals surface area contributed by atoms with Crippen LogP contribution < -0.4 is 5.32 Å². The van der Waals surface area contributed by atoms with Crippen molar-refractivity contribution in [3.05, 3.63) is 47.3 Å². The molecule has 3 atom stereocenters. The molecule has 2 fully saturated rings. The van der Waals surface area contributed by atoms with E-state index in [9.17, 15) is 9.59 Å². The number of benzene rings is 1. The number of rotatable bonds is 5. The van der Waals surface area contributed by atoms with Crippen LogP contribution >= 0.6 is 11.3 Å². The van der Waals surface area contributed by atoms with Crippen LogP contribution in [0.4, 0.5) is 0 Å². The summed E-state index contributed by atoms with van der Waals surface area (Å²) in [6.45, 7) is 3.43. The number of likely N-dealkylation sites (tertiary alicyclic amines) is 1. The average Bonchev–Trinajstić information content (AvgIpc) is 3.20. The molecule has 2 aliphatic rings. The fourth-order valence-electron chi connectivity index (χ4n) is 4.61. The lowest BCUT2D eigenvalue weighted by molar-refractivity contribution is -0.142. The molecule has 1 saturated carbocycles. The maximum Gasteiger partial charge on any atom is 0.228 e. The van der Waals surface area contributed by atoms with Crippen molar-refractivity contribution in [2.24, 2.45) is 17.3 Å². The smallest absolute Gasteiger partial charge is 0.228 e. The standard InChI is InChI=1S/C23H28N2O2S/c1-16-13-19(16)21(26)25-11-6-10-23(15-25,22(27)24-2)14-17-7-3-4-8-18(17)20-9-5-12-28-20/h3-5,7-9,12,16,19H,6,10-11,13-15H2,1-2H3,(H,24,27)/t16-,19-,23-/m0/s1. The fourth-order valence-corrected chi connectivity index (χ4v) is 5.39. The second-order valence-electron chi connectivity index (χ2n) is 8.35.